The van der Waals surface area contributed by atoms with Gasteiger partial charge in [-0.15, -0.1) is 11.3 Å². The van der Waals surface area contributed by atoms with Crippen molar-refractivity contribution >= 4 is 23.3 Å². The lowest BCUT2D eigenvalue weighted by Crippen LogP contribution is -2.11. The van der Waals surface area contributed by atoms with Gasteiger partial charge in [0.05, 0.1) is 17.3 Å². The van der Waals surface area contributed by atoms with Crippen LogP contribution in [0, 0.1) is 13.8 Å². The van der Waals surface area contributed by atoms with E-state index >= 15 is 0 Å². The van der Waals surface area contributed by atoms with Gasteiger partial charge in [-0.25, -0.2) is 4.98 Å². The van der Waals surface area contributed by atoms with Crippen molar-refractivity contribution in [3.05, 3.63) is 21.4 Å². The predicted octanol–water partition coefficient (Wildman–Crippen LogP) is 1.90. The minimum atomic E-state index is -0.270. The molecule has 1 fully saturated rings. The van der Waals surface area contributed by atoms with E-state index in [-0.39, 0.29) is 11.9 Å². The maximum absolute atomic E-state index is 12.2. The second kappa shape index (κ2) is 5.29. The fourth-order valence-electron chi connectivity index (χ4n) is 2.03. The summed E-state index contributed by atoms with van der Waals surface area (Å²) in [6.07, 6.45) is 0.955. The van der Waals surface area contributed by atoms with Gasteiger partial charge in [-0.2, -0.15) is 4.98 Å². The van der Waals surface area contributed by atoms with Gasteiger partial charge in [-0.3, -0.25) is 10.1 Å². The Morgan fingerprint density at radius 2 is 2.25 bits per heavy atom. The number of anilines is 1. The summed E-state index contributed by atoms with van der Waals surface area (Å²) in [7, 11) is 0. The van der Waals surface area contributed by atoms with Crippen LogP contribution in [0.1, 0.15) is 38.5 Å². The van der Waals surface area contributed by atoms with E-state index in [0.717, 1.165) is 18.0 Å². The first-order valence-corrected chi connectivity index (χ1v) is 7.12. The van der Waals surface area contributed by atoms with Crippen molar-refractivity contribution in [2.24, 2.45) is 0 Å². The highest BCUT2D eigenvalue weighted by Gasteiger charge is 2.24. The van der Waals surface area contributed by atoms with Gasteiger partial charge in [0.15, 0.2) is 5.82 Å². The predicted molar refractivity (Wildman–Crippen MR) is 72.0 cm³/mol. The van der Waals surface area contributed by atoms with Gasteiger partial charge in [-0.05, 0) is 20.3 Å². The molecule has 3 rings (SSSR count). The lowest BCUT2D eigenvalue weighted by Gasteiger charge is -2.00. The Morgan fingerprint density at radius 3 is 2.90 bits per heavy atom. The van der Waals surface area contributed by atoms with E-state index in [1.165, 1.54) is 11.3 Å². The van der Waals surface area contributed by atoms with Crippen LogP contribution in [0.25, 0.3) is 0 Å². The van der Waals surface area contributed by atoms with Crippen LogP contribution in [-0.2, 0) is 4.74 Å². The zero-order valence-corrected chi connectivity index (χ0v) is 12.0. The van der Waals surface area contributed by atoms with Crippen LogP contribution in [0.15, 0.2) is 4.52 Å². The summed E-state index contributed by atoms with van der Waals surface area (Å²) in [6.45, 7) is 4.95. The average molecular weight is 294 g/mol. The highest BCUT2D eigenvalue weighted by molar-refractivity contribution is 7.14. The Bertz CT molecular complexity index is 630. The van der Waals surface area contributed by atoms with Crippen molar-refractivity contribution in [3.8, 4) is 0 Å². The number of ether oxygens (including phenoxy) is 1. The molecule has 0 aromatic carbocycles. The number of nitrogens with one attached hydrogen (secondary N) is 1. The molecule has 1 unspecified atom stereocenters. The summed E-state index contributed by atoms with van der Waals surface area (Å²) in [6, 6.07) is 0.103. The van der Waals surface area contributed by atoms with Gasteiger partial charge in [0.25, 0.3) is 5.91 Å². The molecule has 106 valence electrons. The molecule has 1 aliphatic heterocycles. The number of carbonyl (C=O) groups is 1. The monoisotopic (exact) mass is 294 g/mol. The smallest absolute Gasteiger partial charge is 0.328 e. The molecule has 0 radical (unpaired) electrons. The molecule has 1 atom stereocenters. The number of amides is 1. The molecule has 0 bridgehead atoms. The van der Waals surface area contributed by atoms with Crippen LogP contribution in [0.2, 0.25) is 0 Å². The largest absolute Gasteiger partial charge is 0.381 e. The lowest BCUT2D eigenvalue weighted by molar-refractivity contribution is 0.102. The molecule has 1 N–H and O–H groups in total. The number of thiazole rings is 1. The second-order valence-electron chi connectivity index (χ2n) is 4.63. The quantitative estimate of drug-likeness (QED) is 0.929. The first-order chi connectivity index (χ1) is 9.63. The van der Waals surface area contributed by atoms with E-state index in [0.29, 0.717) is 28.9 Å². The van der Waals surface area contributed by atoms with Crippen LogP contribution in [-0.4, -0.2) is 34.2 Å². The fourth-order valence-corrected chi connectivity index (χ4v) is 3.11. The van der Waals surface area contributed by atoms with E-state index in [2.05, 4.69) is 20.4 Å². The number of rotatable bonds is 3. The molecule has 1 saturated heterocycles. The van der Waals surface area contributed by atoms with E-state index in [1.54, 1.807) is 6.92 Å². The highest BCUT2D eigenvalue weighted by Crippen LogP contribution is 2.30. The first kappa shape index (κ1) is 13.2. The Morgan fingerprint density at radius 1 is 1.40 bits per heavy atom. The molecule has 2 aromatic heterocycles. The van der Waals surface area contributed by atoms with Gasteiger partial charge in [0.1, 0.15) is 4.88 Å². The van der Waals surface area contributed by atoms with E-state index in [1.807, 2.05) is 6.92 Å². The number of carbonyl (C=O) groups excluding carboxylic acids is 1. The number of nitrogens with zero attached hydrogens (tertiary/aromatic N) is 3. The van der Waals surface area contributed by atoms with Crippen molar-refractivity contribution in [1.29, 1.82) is 0 Å². The number of hydrogen-bond acceptors (Lipinski definition) is 7. The Balaban J connectivity index is 1.77. The molecule has 3 heterocycles. The Hall–Kier alpha value is -1.80. The van der Waals surface area contributed by atoms with Gasteiger partial charge in [0, 0.05) is 12.5 Å². The van der Waals surface area contributed by atoms with Gasteiger partial charge < -0.3 is 9.26 Å². The molecule has 8 heteroatoms. The van der Waals surface area contributed by atoms with Crippen LogP contribution in [0.5, 0.6) is 0 Å². The summed E-state index contributed by atoms with van der Waals surface area (Å²) in [5.74, 6) is 0.504. The normalized spacial score (nSPS) is 18.4. The minimum absolute atomic E-state index is 0.103. The van der Waals surface area contributed by atoms with Gasteiger partial charge in [0.2, 0.25) is 0 Å². The van der Waals surface area contributed by atoms with Crippen LogP contribution < -0.4 is 5.32 Å². The van der Waals surface area contributed by atoms with Crippen LogP contribution >= 0.6 is 11.3 Å². The summed E-state index contributed by atoms with van der Waals surface area (Å²) < 4.78 is 10.2. The molecule has 1 aliphatic rings. The second-order valence-corrected chi connectivity index (χ2v) is 5.66. The maximum Gasteiger partial charge on any atom is 0.328 e. The third kappa shape index (κ3) is 2.56. The maximum atomic E-state index is 12.2. The van der Waals surface area contributed by atoms with Crippen molar-refractivity contribution in [1.82, 2.24) is 15.1 Å². The van der Waals surface area contributed by atoms with Crippen molar-refractivity contribution in [2.45, 2.75) is 26.2 Å². The minimum Gasteiger partial charge on any atom is -0.381 e. The zero-order chi connectivity index (χ0) is 14.1. The molecular weight excluding hydrogens is 280 g/mol. The number of hydrogen-bond donors (Lipinski definition) is 1. The van der Waals surface area contributed by atoms with Gasteiger partial charge in [-0.1, -0.05) is 5.16 Å². The third-order valence-corrected chi connectivity index (χ3v) is 4.37. The highest BCUT2D eigenvalue weighted by atomic mass is 32.1. The summed E-state index contributed by atoms with van der Waals surface area (Å²) >= 11 is 1.40. The standard InChI is InChI=1S/C12H14N4O3S/c1-6-9(10(17)15-12-14-7(2)16-19-12)20-11(13-6)8-3-4-18-5-8/h8H,3-5H2,1-2H3,(H,14,15,16,17). The Labute approximate surface area is 119 Å². The molecule has 0 saturated carbocycles. The fraction of sp³-hybridized carbons (Fsp3) is 0.500. The van der Waals surface area contributed by atoms with Gasteiger partial charge >= 0.3 is 6.01 Å². The lowest BCUT2D eigenvalue weighted by atomic mass is 10.1. The third-order valence-electron chi connectivity index (χ3n) is 3.05. The molecule has 1 amide bonds. The zero-order valence-electron chi connectivity index (χ0n) is 11.2. The summed E-state index contributed by atoms with van der Waals surface area (Å²) in [4.78, 5) is 21.2. The van der Waals surface area contributed by atoms with Crippen molar-refractivity contribution < 1.29 is 14.1 Å². The Kier molecular flexibility index (Phi) is 3.49. The molecular formula is C12H14N4O3S. The first-order valence-electron chi connectivity index (χ1n) is 6.30. The summed E-state index contributed by atoms with van der Waals surface area (Å²) in [5, 5.41) is 7.16. The number of aryl methyl sites for hydroxylation is 2. The average Bonchev–Trinajstić information content (AvgIpc) is 3.09. The SMILES string of the molecule is Cc1noc(NC(=O)c2sc(C3CCOC3)nc2C)n1. The van der Waals surface area contributed by atoms with E-state index in [4.69, 9.17) is 9.26 Å². The van der Waals surface area contributed by atoms with E-state index in [9.17, 15) is 4.79 Å². The van der Waals surface area contributed by atoms with Crippen molar-refractivity contribution in [3.63, 3.8) is 0 Å². The summed E-state index contributed by atoms with van der Waals surface area (Å²) in [5.41, 5.74) is 0.714. The molecule has 20 heavy (non-hydrogen) atoms. The molecule has 0 aliphatic carbocycles. The van der Waals surface area contributed by atoms with Crippen molar-refractivity contribution in [2.75, 3.05) is 18.5 Å². The van der Waals surface area contributed by atoms with E-state index < -0.39 is 0 Å². The number of aromatic nitrogens is 3. The van der Waals surface area contributed by atoms with Crippen LogP contribution in [0.4, 0.5) is 6.01 Å². The molecule has 2 aromatic rings. The molecule has 7 nitrogen and oxygen atoms in total. The van der Waals surface area contributed by atoms with Crippen LogP contribution in [0.3, 0.4) is 0 Å². The molecule has 0 spiro atoms. The topological polar surface area (TPSA) is 90.1 Å².